The quantitative estimate of drug-likeness (QED) is 0.659. The molecule has 0 bridgehead atoms. The molecular formula is C9H13Cl2NO. The molecule has 3 rings (SSSR count). The first-order chi connectivity index (χ1) is 6.17. The third-order valence-corrected chi connectivity index (χ3v) is 4.22. The molecular weight excluding hydrogens is 209 g/mol. The van der Waals surface area contributed by atoms with E-state index in [1.165, 1.54) is 6.42 Å². The standard InChI is InChI=1S/C9H13Cl2NO/c10-9(11)4-6(9)5-12-1-2-13-8-3-7(8)12/h6-8H,1-5H2. The maximum absolute atomic E-state index is 6.00. The van der Waals surface area contributed by atoms with E-state index in [4.69, 9.17) is 27.9 Å². The summed E-state index contributed by atoms with van der Waals surface area (Å²) in [4.78, 5) is 2.49. The van der Waals surface area contributed by atoms with Crippen LogP contribution in [0.2, 0.25) is 0 Å². The molecule has 3 atom stereocenters. The number of ether oxygens (including phenoxy) is 1. The number of halogens is 2. The first kappa shape index (κ1) is 8.78. The van der Waals surface area contributed by atoms with Crippen LogP contribution >= 0.6 is 23.2 Å². The van der Waals surface area contributed by atoms with Crippen molar-refractivity contribution in [1.29, 1.82) is 0 Å². The number of nitrogens with zero attached hydrogens (tertiary/aromatic N) is 1. The third-order valence-electron chi connectivity index (χ3n) is 3.29. The Morgan fingerprint density at radius 2 is 2.23 bits per heavy atom. The summed E-state index contributed by atoms with van der Waals surface area (Å²) in [6.45, 7) is 3.00. The Morgan fingerprint density at radius 1 is 1.46 bits per heavy atom. The second-order valence-corrected chi connectivity index (χ2v) is 5.91. The predicted octanol–water partition coefficient (Wildman–Crippen LogP) is 1.65. The van der Waals surface area contributed by atoms with E-state index in [-0.39, 0.29) is 0 Å². The van der Waals surface area contributed by atoms with E-state index in [2.05, 4.69) is 4.90 Å². The lowest BCUT2D eigenvalue weighted by Gasteiger charge is -2.26. The van der Waals surface area contributed by atoms with Gasteiger partial charge in [-0.1, -0.05) is 0 Å². The molecule has 2 nitrogen and oxygen atoms in total. The largest absolute Gasteiger partial charge is 0.375 e. The summed E-state index contributed by atoms with van der Waals surface area (Å²) >= 11 is 12.0. The monoisotopic (exact) mass is 221 g/mol. The van der Waals surface area contributed by atoms with E-state index in [9.17, 15) is 0 Å². The van der Waals surface area contributed by atoms with Crippen molar-refractivity contribution in [2.24, 2.45) is 5.92 Å². The van der Waals surface area contributed by atoms with Crippen molar-refractivity contribution in [3.05, 3.63) is 0 Å². The number of morpholine rings is 1. The Balaban J connectivity index is 1.55. The molecule has 2 saturated carbocycles. The highest BCUT2D eigenvalue weighted by atomic mass is 35.5. The molecule has 0 aromatic carbocycles. The molecule has 1 heterocycles. The molecule has 0 aromatic heterocycles. The van der Waals surface area contributed by atoms with Crippen molar-refractivity contribution in [3.8, 4) is 0 Å². The fourth-order valence-corrected chi connectivity index (χ4v) is 2.70. The van der Waals surface area contributed by atoms with Crippen LogP contribution in [-0.4, -0.2) is 41.1 Å². The van der Waals surface area contributed by atoms with Crippen molar-refractivity contribution >= 4 is 23.2 Å². The molecule has 3 fully saturated rings. The fourth-order valence-electron chi connectivity index (χ4n) is 2.19. The van der Waals surface area contributed by atoms with Gasteiger partial charge in [-0.2, -0.15) is 0 Å². The van der Waals surface area contributed by atoms with E-state index in [1.807, 2.05) is 0 Å². The lowest BCUT2D eigenvalue weighted by Crippen LogP contribution is -2.38. The molecule has 0 amide bonds. The van der Waals surface area contributed by atoms with E-state index in [0.29, 0.717) is 18.1 Å². The molecule has 1 aliphatic heterocycles. The second-order valence-electron chi connectivity index (χ2n) is 4.37. The van der Waals surface area contributed by atoms with Gasteiger partial charge in [0.05, 0.1) is 12.7 Å². The van der Waals surface area contributed by atoms with E-state index in [0.717, 1.165) is 26.1 Å². The highest BCUT2D eigenvalue weighted by Gasteiger charge is 2.55. The minimum Gasteiger partial charge on any atom is -0.375 e. The zero-order valence-electron chi connectivity index (χ0n) is 7.38. The highest BCUT2D eigenvalue weighted by Crippen LogP contribution is 2.54. The van der Waals surface area contributed by atoms with Crippen molar-refractivity contribution in [3.63, 3.8) is 0 Å². The van der Waals surface area contributed by atoms with Crippen LogP contribution in [-0.2, 0) is 4.74 Å². The number of rotatable bonds is 2. The van der Waals surface area contributed by atoms with Gasteiger partial charge in [-0.15, -0.1) is 23.2 Å². The molecule has 1 saturated heterocycles. The van der Waals surface area contributed by atoms with Gasteiger partial charge in [0.1, 0.15) is 4.33 Å². The molecule has 4 heteroatoms. The van der Waals surface area contributed by atoms with Gasteiger partial charge in [0.2, 0.25) is 0 Å². The second kappa shape index (κ2) is 2.75. The topological polar surface area (TPSA) is 12.5 Å². The number of alkyl halides is 2. The molecule has 3 aliphatic rings. The zero-order valence-corrected chi connectivity index (χ0v) is 8.89. The Morgan fingerprint density at radius 3 is 2.92 bits per heavy atom. The van der Waals surface area contributed by atoms with E-state index >= 15 is 0 Å². The van der Waals surface area contributed by atoms with Gasteiger partial charge in [-0.05, 0) is 12.8 Å². The highest BCUT2D eigenvalue weighted by molar-refractivity contribution is 6.50. The minimum absolute atomic E-state index is 0.414. The predicted molar refractivity (Wildman–Crippen MR) is 52.3 cm³/mol. The van der Waals surface area contributed by atoms with Crippen molar-refractivity contribution < 1.29 is 4.74 Å². The van der Waals surface area contributed by atoms with E-state index in [1.54, 1.807) is 0 Å². The molecule has 3 unspecified atom stereocenters. The summed E-state index contributed by atoms with van der Waals surface area (Å²) in [7, 11) is 0. The van der Waals surface area contributed by atoms with Gasteiger partial charge in [0.15, 0.2) is 0 Å². The third kappa shape index (κ3) is 1.58. The average molecular weight is 222 g/mol. The van der Waals surface area contributed by atoms with Crippen LogP contribution in [0.25, 0.3) is 0 Å². The molecule has 0 N–H and O–H groups in total. The summed E-state index contributed by atoms with van der Waals surface area (Å²) in [5.74, 6) is 0.496. The molecule has 74 valence electrons. The van der Waals surface area contributed by atoms with Crippen LogP contribution in [0.15, 0.2) is 0 Å². The summed E-state index contributed by atoms with van der Waals surface area (Å²) in [5.41, 5.74) is 0. The van der Waals surface area contributed by atoms with Gasteiger partial charge in [-0.3, -0.25) is 4.90 Å². The van der Waals surface area contributed by atoms with Gasteiger partial charge < -0.3 is 4.74 Å². The molecule has 0 aromatic rings. The molecule has 13 heavy (non-hydrogen) atoms. The fraction of sp³-hybridized carbons (Fsp3) is 1.00. The minimum atomic E-state index is -0.414. The maximum atomic E-state index is 6.00. The molecule has 2 aliphatic carbocycles. The van der Waals surface area contributed by atoms with E-state index < -0.39 is 4.33 Å². The van der Waals surface area contributed by atoms with Gasteiger partial charge in [-0.25, -0.2) is 0 Å². The Kier molecular flexibility index (Phi) is 1.86. The zero-order chi connectivity index (χ0) is 9.05. The van der Waals surface area contributed by atoms with Crippen LogP contribution in [0.4, 0.5) is 0 Å². The SMILES string of the molecule is ClC1(Cl)CC1CN1CCOC2CC21. The van der Waals surface area contributed by atoms with Crippen LogP contribution in [0.5, 0.6) is 0 Å². The lowest BCUT2D eigenvalue weighted by molar-refractivity contribution is 0.0292. The Labute approximate surface area is 88.1 Å². The molecule has 0 radical (unpaired) electrons. The van der Waals surface area contributed by atoms with Crippen LogP contribution in [0.3, 0.4) is 0 Å². The summed E-state index contributed by atoms with van der Waals surface area (Å²) in [5, 5.41) is 0. The normalized spacial score (nSPS) is 47.1. The summed E-state index contributed by atoms with van der Waals surface area (Å²) in [6, 6.07) is 0.679. The van der Waals surface area contributed by atoms with Gasteiger partial charge >= 0.3 is 0 Å². The number of hydrogen-bond donors (Lipinski definition) is 0. The number of hydrogen-bond acceptors (Lipinski definition) is 2. The number of fused-ring (bicyclic) bond motifs is 1. The smallest absolute Gasteiger partial charge is 0.122 e. The maximum Gasteiger partial charge on any atom is 0.122 e. The lowest BCUT2D eigenvalue weighted by atomic mass is 10.3. The van der Waals surface area contributed by atoms with Crippen LogP contribution in [0.1, 0.15) is 12.8 Å². The molecule has 0 spiro atoms. The first-order valence-corrected chi connectivity index (χ1v) is 5.66. The summed E-state index contributed by atoms with van der Waals surface area (Å²) in [6.07, 6.45) is 2.70. The van der Waals surface area contributed by atoms with Gasteiger partial charge in [0, 0.05) is 25.0 Å². The Bertz CT molecular complexity index is 234. The average Bonchev–Trinajstić information content (AvgIpc) is 2.90. The van der Waals surface area contributed by atoms with Crippen LogP contribution < -0.4 is 0 Å². The van der Waals surface area contributed by atoms with Crippen LogP contribution in [0, 0.1) is 5.92 Å². The van der Waals surface area contributed by atoms with Gasteiger partial charge in [0.25, 0.3) is 0 Å². The Hall–Kier alpha value is 0.500. The van der Waals surface area contributed by atoms with Crippen molar-refractivity contribution in [2.45, 2.75) is 29.3 Å². The van der Waals surface area contributed by atoms with Crippen molar-refractivity contribution in [1.82, 2.24) is 4.90 Å². The summed E-state index contributed by atoms with van der Waals surface area (Å²) < 4.78 is 5.11. The first-order valence-electron chi connectivity index (χ1n) is 4.90. The van der Waals surface area contributed by atoms with Crippen molar-refractivity contribution in [2.75, 3.05) is 19.7 Å².